The van der Waals surface area contributed by atoms with E-state index in [0.29, 0.717) is 35.4 Å². The zero-order valence-electron chi connectivity index (χ0n) is 16.2. The van der Waals surface area contributed by atoms with Gasteiger partial charge in [-0.2, -0.15) is 0 Å². The molecule has 0 bridgehead atoms. The van der Waals surface area contributed by atoms with E-state index in [4.69, 9.17) is 32.9 Å². The van der Waals surface area contributed by atoms with Crippen molar-refractivity contribution in [3.05, 3.63) is 91.3 Å². The Labute approximate surface area is 179 Å². The van der Waals surface area contributed by atoms with Crippen molar-refractivity contribution in [2.75, 3.05) is 6.61 Å². The minimum atomic E-state index is -0.0646. The zero-order valence-corrected chi connectivity index (χ0v) is 17.7. The third-order valence-electron chi connectivity index (χ3n) is 5.02. The molecular weight excluding hydrogens is 407 g/mol. The number of halogens is 2. The Bertz CT molecular complexity index is 1160. The van der Waals surface area contributed by atoms with Crippen molar-refractivity contribution in [3.8, 4) is 11.1 Å². The van der Waals surface area contributed by atoms with Crippen LogP contribution in [0.25, 0.3) is 11.1 Å². The Morgan fingerprint density at radius 3 is 2.55 bits per heavy atom. The summed E-state index contributed by atoms with van der Waals surface area (Å²) in [5.41, 5.74) is 6.18. The first-order valence-electron chi connectivity index (χ1n) is 9.39. The molecule has 0 saturated heterocycles. The molecule has 0 spiro atoms. The van der Waals surface area contributed by atoms with Crippen LogP contribution in [0, 0.1) is 0 Å². The average Bonchev–Trinajstić information content (AvgIpc) is 2.84. The minimum absolute atomic E-state index is 0.0646. The molecule has 4 rings (SSSR count). The number of pyridine rings is 1. The van der Waals surface area contributed by atoms with Gasteiger partial charge in [-0.05, 0) is 41.8 Å². The number of hydrogen-bond donors (Lipinski definition) is 0. The van der Waals surface area contributed by atoms with Crippen LogP contribution in [0.3, 0.4) is 0 Å². The number of aromatic nitrogens is 1. The summed E-state index contributed by atoms with van der Waals surface area (Å²) < 4.78 is 7.18. The first-order chi connectivity index (χ1) is 14.0. The number of aliphatic imine (C=N–C) groups is 1. The largest absolute Gasteiger partial charge is 0.377 e. The van der Waals surface area contributed by atoms with E-state index < -0.39 is 0 Å². The molecule has 0 saturated carbocycles. The van der Waals surface area contributed by atoms with Crippen LogP contribution >= 0.6 is 23.2 Å². The number of hydrogen-bond acceptors (Lipinski definition) is 3. The average molecular weight is 427 g/mol. The van der Waals surface area contributed by atoms with E-state index in [2.05, 4.69) is 6.07 Å². The van der Waals surface area contributed by atoms with Gasteiger partial charge in [-0.25, -0.2) is 0 Å². The molecular formula is C23H20Cl2N2O2. The lowest BCUT2D eigenvalue weighted by Gasteiger charge is -2.15. The van der Waals surface area contributed by atoms with Gasteiger partial charge in [0, 0.05) is 42.6 Å². The lowest BCUT2D eigenvalue weighted by Crippen LogP contribution is -2.16. The van der Waals surface area contributed by atoms with Crippen LogP contribution in [0.5, 0.6) is 0 Å². The highest BCUT2D eigenvalue weighted by atomic mass is 35.5. The molecule has 2 aromatic carbocycles. The maximum atomic E-state index is 12.2. The van der Waals surface area contributed by atoms with Crippen molar-refractivity contribution in [3.63, 3.8) is 0 Å². The molecule has 0 unspecified atom stereocenters. The molecule has 0 fully saturated rings. The van der Waals surface area contributed by atoms with Crippen molar-refractivity contribution in [1.82, 2.24) is 4.57 Å². The molecule has 4 nitrogen and oxygen atoms in total. The maximum Gasteiger partial charge on any atom is 0.250 e. The van der Waals surface area contributed by atoms with Gasteiger partial charge in [0.05, 0.1) is 28.9 Å². The minimum Gasteiger partial charge on any atom is -0.377 e. The number of nitrogens with zero attached hydrogens (tertiary/aromatic N) is 2. The number of fused-ring (bicyclic) bond motifs is 3. The Morgan fingerprint density at radius 1 is 1.07 bits per heavy atom. The van der Waals surface area contributed by atoms with Crippen molar-refractivity contribution in [1.29, 1.82) is 0 Å². The van der Waals surface area contributed by atoms with Crippen molar-refractivity contribution < 1.29 is 4.74 Å². The van der Waals surface area contributed by atoms with Crippen LogP contribution in [-0.4, -0.2) is 16.9 Å². The fourth-order valence-electron chi connectivity index (χ4n) is 3.56. The number of ether oxygens (including phenoxy) is 1. The van der Waals surface area contributed by atoms with Gasteiger partial charge in [0.2, 0.25) is 0 Å². The normalized spacial score (nSPS) is 12.8. The standard InChI is InChI=1S/C23H20Cl2N2O2/c1-3-29-13-14-7-8-16-17(9-14)18-12-27(2)21(28)10-15(18)11-26-23(16)22-19(24)5-4-6-20(22)25/h4-10,12H,3,11,13H2,1-2H3. The maximum absolute atomic E-state index is 12.2. The van der Waals surface area contributed by atoms with Crippen LogP contribution in [-0.2, 0) is 24.9 Å². The lowest BCUT2D eigenvalue weighted by atomic mass is 9.91. The highest BCUT2D eigenvalue weighted by Crippen LogP contribution is 2.36. The molecule has 0 N–H and O–H groups in total. The Hall–Kier alpha value is -2.40. The molecule has 0 amide bonds. The molecule has 2 heterocycles. The molecule has 148 valence electrons. The summed E-state index contributed by atoms with van der Waals surface area (Å²) in [5.74, 6) is 0. The van der Waals surface area contributed by atoms with Crippen LogP contribution in [0.2, 0.25) is 10.0 Å². The van der Waals surface area contributed by atoms with E-state index in [1.165, 1.54) is 0 Å². The molecule has 1 aliphatic rings. The molecule has 0 radical (unpaired) electrons. The molecule has 0 aliphatic carbocycles. The van der Waals surface area contributed by atoms with Crippen LogP contribution in [0.4, 0.5) is 0 Å². The van der Waals surface area contributed by atoms with E-state index in [9.17, 15) is 4.79 Å². The zero-order chi connectivity index (χ0) is 20.5. The van der Waals surface area contributed by atoms with Gasteiger partial charge >= 0.3 is 0 Å². The fraction of sp³-hybridized carbons (Fsp3) is 0.217. The highest BCUT2D eigenvalue weighted by molar-refractivity contribution is 6.42. The first-order valence-corrected chi connectivity index (χ1v) is 10.1. The van der Waals surface area contributed by atoms with E-state index in [1.807, 2.05) is 43.5 Å². The Balaban J connectivity index is 1.99. The summed E-state index contributed by atoms with van der Waals surface area (Å²) in [4.78, 5) is 17.1. The predicted molar refractivity (Wildman–Crippen MR) is 118 cm³/mol. The molecule has 3 aromatic rings. The molecule has 1 aliphatic heterocycles. The van der Waals surface area contributed by atoms with Gasteiger partial charge in [0.1, 0.15) is 0 Å². The van der Waals surface area contributed by atoms with Crippen LogP contribution in [0.1, 0.15) is 29.2 Å². The van der Waals surface area contributed by atoms with Gasteiger partial charge in [-0.1, -0.05) is 41.4 Å². The topological polar surface area (TPSA) is 43.6 Å². The second kappa shape index (κ2) is 8.15. The fourth-order valence-corrected chi connectivity index (χ4v) is 4.14. The molecule has 6 heteroatoms. The van der Waals surface area contributed by atoms with Crippen LogP contribution in [0.15, 0.2) is 58.4 Å². The first kappa shape index (κ1) is 19.9. The predicted octanol–water partition coefficient (Wildman–Crippen LogP) is 5.25. The molecule has 29 heavy (non-hydrogen) atoms. The van der Waals surface area contributed by atoms with Crippen molar-refractivity contribution in [2.45, 2.75) is 20.1 Å². The quantitative estimate of drug-likeness (QED) is 0.571. The molecule has 0 atom stereocenters. The second-order valence-electron chi connectivity index (χ2n) is 6.94. The van der Waals surface area contributed by atoms with E-state index in [-0.39, 0.29) is 5.56 Å². The molecule has 1 aromatic heterocycles. The number of rotatable bonds is 4. The SMILES string of the molecule is CCOCc1ccc2c(c1)-c1cn(C)c(=O)cc1CN=C2c1c(Cl)cccc1Cl. The summed E-state index contributed by atoms with van der Waals surface area (Å²) in [7, 11) is 1.75. The summed E-state index contributed by atoms with van der Waals surface area (Å²) in [5, 5.41) is 1.09. The summed E-state index contributed by atoms with van der Waals surface area (Å²) in [6.45, 7) is 3.50. The van der Waals surface area contributed by atoms with Gasteiger partial charge in [0.15, 0.2) is 0 Å². The highest BCUT2D eigenvalue weighted by Gasteiger charge is 2.23. The smallest absolute Gasteiger partial charge is 0.250 e. The van der Waals surface area contributed by atoms with Gasteiger partial charge < -0.3 is 9.30 Å². The second-order valence-corrected chi connectivity index (χ2v) is 7.75. The third-order valence-corrected chi connectivity index (χ3v) is 5.65. The number of benzene rings is 2. The van der Waals surface area contributed by atoms with Gasteiger partial charge in [0.25, 0.3) is 5.56 Å². The third kappa shape index (κ3) is 3.76. The summed E-state index contributed by atoms with van der Waals surface area (Å²) in [6.07, 6.45) is 1.87. The Kier molecular flexibility index (Phi) is 5.59. The van der Waals surface area contributed by atoms with Gasteiger partial charge in [-0.3, -0.25) is 9.79 Å². The lowest BCUT2D eigenvalue weighted by molar-refractivity contribution is 0.134. The van der Waals surface area contributed by atoms with Crippen molar-refractivity contribution in [2.24, 2.45) is 12.0 Å². The van der Waals surface area contributed by atoms with E-state index in [1.54, 1.807) is 17.7 Å². The monoisotopic (exact) mass is 426 g/mol. The summed E-state index contributed by atoms with van der Waals surface area (Å²) >= 11 is 13.0. The van der Waals surface area contributed by atoms with E-state index in [0.717, 1.165) is 33.5 Å². The van der Waals surface area contributed by atoms with E-state index >= 15 is 0 Å². The Morgan fingerprint density at radius 2 is 1.83 bits per heavy atom. The van der Waals surface area contributed by atoms with Gasteiger partial charge in [-0.15, -0.1) is 0 Å². The summed E-state index contributed by atoms with van der Waals surface area (Å²) in [6, 6.07) is 13.2. The van der Waals surface area contributed by atoms with Crippen molar-refractivity contribution >= 4 is 28.9 Å². The van der Waals surface area contributed by atoms with Crippen LogP contribution < -0.4 is 5.56 Å². The number of aryl methyl sites for hydroxylation is 1.